The minimum Gasteiger partial charge on any atom is -0.358 e. The van der Waals surface area contributed by atoms with Crippen LogP contribution in [0.25, 0.3) is 0 Å². The third-order valence-corrected chi connectivity index (χ3v) is 3.83. The highest BCUT2D eigenvalue weighted by molar-refractivity contribution is 9.10. The van der Waals surface area contributed by atoms with Crippen LogP contribution in [-0.4, -0.2) is 29.6 Å². The standard InChI is InChI=1S/C12H19BrN4/c1-17(12-7-15-11(13)6-16-12)8-9-2-4-10(14)5-3-9/h6-7,9-10H,2-5,8,14H2,1H3. The van der Waals surface area contributed by atoms with Crippen molar-refractivity contribution in [2.75, 3.05) is 18.5 Å². The van der Waals surface area contributed by atoms with Crippen molar-refractivity contribution in [2.45, 2.75) is 31.7 Å². The first-order chi connectivity index (χ1) is 8.15. The minimum absolute atomic E-state index is 0.420. The van der Waals surface area contributed by atoms with Crippen molar-refractivity contribution in [3.8, 4) is 0 Å². The van der Waals surface area contributed by atoms with Crippen molar-refractivity contribution in [1.29, 1.82) is 0 Å². The fourth-order valence-electron chi connectivity index (χ4n) is 2.35. The maximum absolute atomic E-state index is 5.91. The molecule has 1 heterocycles. The lowest BCUT2D eigenvalue weighted by Crippen LogP contribution is -2.33. The molecule has 0 spiro atoms. The lowest BCUT2D eigenvalue weighted by molar-refractivity contribution is 0.329. The molecule has 0 saturated heterocycles. The van der Waals surface area contributed by atoms with E-state index in [2.05, 4.69) is 37.8 Å². The van der Waals surface area contributed by atoms with Gasteiger partial charge in [0.15, 0.2) is 0 Å². The van der Waals surface area contributed by atoms with E-state index in [0.29, 0.717) is 6.04 Å². The number of rotatable bonds is 3. The molecular formula is C12H19BrN4. The lowest BCUT2D eigenvalue weighted by atomic mass is 9.86. The molecule has 4 nitrogen and oxygen atoms in total. The molecule has 1 aromatic rings. The molecule has 1 aliphatic carbocycles. The largest absolute Gasteiger partial charge is 0.358 e. The van der Waals surface area contributed by atoms with Gasteiger partial charge in [0.05, 0.1) is 12.4 Å². The molecule has 2 N–H and O–H groups in total. The number of hydrogen-bond acceptors (Lipinski definition) is 4. The number of hydrogen-bond donors (Lipinski definition) is 1. The van der Waals surface area contributed by atoms with Crippen LogP contribution < -0.4 is 10.6 Å². The molecule has 1 aliphatic rings. The lowest BCUT2D eigenvalue weighted by Gasteiger charge is -2.30. The molecule has 94 valence electrons. The fraction of sp³-hybridized carbons (Fsp3) is 0.667. The highest BCUT2D eigenvalue weighted by atomic mass is 79.9. The summed E-state index contributed by atoms with van der Waals surface area (Å²) < 4.78 is 0.776. The van der Waals surface area contributed by atoms with Gasteiger partial charge >= 0.3 is 0 Å². The predicted octanol–water partition coefficient (Wildman–Crippen LogP) is 2.19. The number of nitrogens with zero attached hydrogens (tertiary/aromatic N) is 3. The normalized spacial score (nSPS) is 24.6. The molecule has 0 amide bonds. The van der Waals surface area contributed by atoms with Crippen molar-refractivity contribution >= 4 is 21.7 Å². The summed E-state index contributed by atoms with van der Waals surface area (Å²) >= 11 is 3.29. The zero-order valence-electron chi connectivity index (χ0n) is 10.1. The Morgan fingerprint density at radius 2 is 2.00 bits per heavy atom. The van der Waals surface area contributed by atoms with Gasteiger partial charge in [0.1, 0.15) is 10.4 Å². The maximum atomic E-state index is 5.91. The zero-order chi connectivity index (χ0) is 12.3. The molecule has 1 aromatic heterocycles. The topological polar surface area (TPSA) is 55.0 Å². The van der Waals surface area contributed by atoms with E-state index in [4.69, 9.17) is 5.73 Å². The van der Waals surface area contributed by atoms with E-state index in [1.54, 1.807) is 12.4 Å². The molecule has 0 bridgehead atoms. The Hall–Kier alpha value is -0.680. The van der Waals surface area contributed by atoms with Gasteiger partial charge in [-0.15, -0.1) is 0 Å². The van der Waals surface area contributed by atoms with Crippen LogP contribution in [0.5, 0.6) is 0 Å². The molecule has 0 aromatic carbocycles. The predicted molar refractivity (Wildman–Crippen MR) is 72.9 cm³/mol. The van der Waals surface area contributed by atoms with Crippen molar-refractivity contribution < 1.29 is 0 Å². The summed E-state index contributed by atoms with van der Waals surface area (Å²) in [6.45, 7) is 1.04. The van der Waals surface area contributed by atoms with E-state index in [1.807, 2.05) is 0 Å². The van der Waals surface area contributed by atoms with E-state index in [9.17, 15) is 0 Å². The summed E-state index contributed by atoms with van der Waals surface area (Å²) in [4.78, 5) is 10.7. The van der Waals surface area contributed by atoms with Crippen LogP contribution in [-0.2, 0) is 0 Å². The smallest absolute Gasteiger partial charge is 0.146 e. The van der Waals surface area contributed by atoms with Gasteiger partial charge in [0.25, 0.3) is 0 Å². The summed E-state index contributed by atoms with van der Waals surface area (Å²) in [6, 6.07) is 0.420. The molecule has 5 heteroatoms. The summed E-state index contributed by atoms with van der Waals surface area (Å²) in [5.41, 5.74) is 5.91. The average Bonchev–Trinajstić information content (AvgIpc) is 2.33. The van der Waals surface area contributed by atoms with Gasteiger partial charge < -0.3 is 10.6 Å². The van der Waals surface area contributed by atoms with Gasteiger partial charge in [-0.25, -0.2) is 9.97 Å². The summed E-state index contributed by atoms with van der Waals surface area (Å²) in [7, 11) is 2.08. The Labute approximate surface area is 111 Å². The molecule has 0 aliphatic heterocycles. The second-order valence-electron chi connectivity index (χ2n) is 4.86. The van der Waals surface area contributed by atoms with Crippen molar-refractivity contribution in [2.24, 2.45) is 11.7 Å². The Morgan fingerprint density at radius 3 is 2.59 bits per heavy atom. The third-order valence-electron chi connectivity index (χ3n) is 3.42. The highest BCUT2D eigenvalue weighted by Crippen LogP contribution is 2.24. The Balaban J connectivity index is 1.88. The van der Waals surface area contributed by atoms with Gasteiger partial charge in [0, 0.05) is 19.6 Å². The Bertz CT molecular complexity index is 346. The van der Waals surface area contributed by atoms with E-state index in [-0.39, 0.29) is 0 Å². The molecule has 0 radical (unpaired) electrons. The van der Waals surface area contributed by atoms with E-state index in [1.165, 1.54) is 12.8 Å². The van der Waals surface area contributed by atoms with E-state index >= 15 is 0 Å². The van der Waals surface area contributed by atoms with Crippen molar-refractivity contribution in [3.05, 3.63) is 17.0 Å². The summed E-state index contributed by atoms with van der Waals surface area (Å²) in [6.07, 6.45) is 8.32. The third kappa shape index (κ3) is 3.64. The molecule has 0 unspecified atom stereocenters. The average molecular weight is 299 g/mol. The first-order valence-electron chi connectivity index (χ1n) is 6.09. The van der Waals surface area contributed by atoms with Crippen LogP contribution in [0.3, 0.4) is 0 Å². The molecule has 17 heavy (non-hydrogen) atoms. The molecular weight excluding hydrogens is 280 g/mol. The van der Waals surface area contributed by atoms with Crippen molar-refractivity contribution in [3.63, 3.8) is 0 Å². The van der Waals surface area contributed by atoms with Crippen LogP contribution in [0, 0.1) is 5.92 Å². The van der Waals surface area contributed by atoms with Crippen LogP contribution >= 0.6 is 15.9 Å². The Kier molecular flexibility index (Phi) is 4.34. The van der Waals surface area contributed by atoms with Gasteiger partial charge in [-0.2, -0.15) is 0 Å². The molecule has 1 saturated carbocycles. The number of nitrogens with two attached hydrogens (primary N) is 1. The second kappa shape index (κ2) is 5.78. The quantitative estimate of drug-likeness (QED) is 0.929. The summed E-state index contributed by atoms with van der Waals surface area (Å²) in [5, 5.41) is 0. The second-order valence-corrected chi connectivity index (χ2v) is 5.67. The zero-order valence-corrected chi connectivity index (χ0v) is 11.7. The van der Waals surface area contributed by atoms with E-state index in [0.717, 1.165) is 35.7 Å². The van der Waals surface area contributed by atoms with Crippen molar-refractivity contribution in [1.82, 2.24) is 9.97 Å². The summed E-state index contributed by atoms with van der Waals surface area (Å²) in [5.74, 6) is 1.67. The Morgan fingerprint density at radius 1 is 1.29 bits per heavy atom. The number of halogens is 1. The molecule has 0 atom stereocenters. The van der Waals surface area contributed by atoms with Crippen LogP contribution in [0.1, 0.15) is 25.7 Å². The molecule has 2 rings (SSSR count). The number of aromatic nitrogens is 2. The van der Waals surface area contributed by atoms with Crippen LogP contribution in [0.4, 0.5) is 5.82 Å². The van der Waals surface area contributed by atoms with E-state index < -0.39 is 0 Å². The van der Waals surface area contributed by atoms with Crippen LogP contribution in [0.15, 0.2) is 17.0 Å². The maximum Gasteiger partial charge on any atom is 0.146 e. The van der Waals surface area contributed by atoms with Crippen LogP contribution in [0.2, 0.25) is 0 Å². The monoisotopic (exact) mass is 298 g/mol. The number of anilines is 1. The first kappa shape index (κ1) is 12.8. The first-order valence-corrected chi connectivity index (χ1v) is 6.88. The molecule has 1 fully saturated rings. The minimum atomic E-state index is 0.420. The highest BCUT2D eigenvalue weighted by Gasteiger charge is 2.20. The van der Waals surface area contributed by atoms with Gasteiger partial charge in [-0.05, 0) is 47.5 Å². The van der Waals surface area contributed by atoms with Gasteiger partial charge in [-0.1, -0.05) is 0 Å². The van der Waals surface area contributed by atoms with Gasteiger partial charge in [0.2, 0.25) is 0 Å². The fourth-order valence-corrected chi connectivity index (χ4v) is 2.56. The SMILES string of the molecule is CN(CC1CCC(N)CC1)c1cnc(Br)cn1. The van der Waals surface area contributed by atoms with Gasteiger partial charge in [-0.3, -0.25) is 0 Å².